The highest BCUT2D eigenvalue weighted by molar-refractivity contribution is 7.89. The van der Waals surface area contributed by atoms with E-state index < -0.39 is 10.0 Å². The van der Waals surface area contributed by atoms with E-state index in [1.54, 1.807) is 30.5 Å². The lowest BCUT2D eigenvalue weighted by atomic mass is 10.1. The van der Waals surface area contributed by atoms with E-state index >= 15 is 0 Å². The number of piperidine rings is 1. The molecular weight excluding hydrogens is 438 g/mol. The van der Waals surface area contributed by atoms with Crippen molar-refractivity contribution in [1.82, 2.24) is 9.62 Å². The molecule has 0 bridgehead atoms. The number of hydrogen-bond donors (Lipinski definition) is 2. The van der Waals surface area contributed by atoms with Gasteiger partial charge in [0.15, 0.2) is 0 Å². The molecule has 3 aromatic rings. The van der Waals surface area contributed by atoms with Crippen molar-refractivity contribution in [3.05, 3.63) is 84.3 Å². The molecule has 1 aromatic heterocycles. The van der Waals surface area contributed by atoms with Gasteiger partial charge in [-0.3, -0.25) is 4.79 Å². The Bertz CT molecular complexity index is 1130. The van der Waals surface area contributed by atoms with Crippen LogP contribution in [0.4, 0.5) is 5.69 Å². The van der Waals surface area contributed by atoms with Crippen molar-refractivity contribution >= 4 is 21.6 Å². The molecule has 1 atom stereocenters. The molecule has 2 aromatic carbocycles. The summed E-state index contributed by atoms with van der Waals surface area (Å²) in [4.78, 5) is 12.7. The first-order chi connectivity index (χ1) is 16.0. The first-order valence-corrected chi connectivity index (χ1v) is 12.6. The molecule has 8 heteroatoms. The minimum Gasteiger partial charge on any atom is -0.467 e. The van der Waals surface area contributed by atoms with Crippen LogP contribution in [0.1, 0.15) is 30.6 Å². The first-order valence-electron chi connectivity index (χ1n) is 11.2. The van der Waals surface area contributed by atoms with Gasteiger partial charge >= 0.3 is 0 Å². The van der Waals surface area contributed by atoms with Crippen LogP contribution in [-0.2, 0) is 27.8 Å². The summed E-state index contributed by atoms with van der Waals surface area (Å²) in [6, 6.07) is 20.1. The smallest absolute Gasteiger partial charge is 0.243 e. The summed E-state index contributed by atoms with van der Waals surface area (Å²) in [7, 11) is -3.63. The molecule has 2 heterocycles. The van der Waals surface area contributed by atoms with Crippen LogP contribution in [0.5, 0.6) is 0 Å². The van der Waals surface area contributed by atoms with Gasteiger partial charge < -0.3 is 15.1 Å². The summed E-state index contributed by atoms with van der Waals surface area (Å²) in [6.07, 6.45) is 4.16. The largest absolute Gasteiger partial charge is 0.467 e. The maximum Gasteiger partial charge on any atom is 0.243 e. The maximum absolute atomic E-state index is 13.2. The zero-order chi connectivity index (χ0) is 23.1. The van der Waals surface area contributed by atoms with Gasteiger partial charge in [-0.2, -0.15) is 4.31 Å². The van der Waals surface area contributed by atoms with E-state index in [9.17, 15) is 13.2 Å². The fourth-order valence-corrected chi connectivity index (χ4v) is 5.50. The molecule has 4 rings (SSSR count). The number of hydrogen-bond acceptors (Lipinski definition) is 5. The van der Waals surface area contributed by atoms with Gasteiger partial charge in [0.25, 0.3) is 0 Å². The Morgan fingerprint density at radius 3 is 2.55 bits per heavy atom. The molecule has 7 nitrogen and oxygen atoms in total. The predicted molar refractivity (Wildman–Crippen MR) is 127 cm³/mol. The number of nitrogens with zero attached hydrogens (tertiary/aromatic N) is 1. The second-order valence-electron chi connectivity index (χ2n) is 8.21. The van der Waals surface area contributed by atoms with Crippen LogP contribution >= 0.6 is 0 Å². The van der Waals surface area contributed by atoms with E-state index in [-0.39, 0.29) is 23.4 Å². The number of aryl methyl sites for hydroxylation is 1. The maximum atomic E-state index is 13.2. The van der Waals surface area contributed by atoms with Crippen LogP contribution < -0.4 is 10.6 Å². The number of rotatable bonds is 9. The van der Waals surface area contributed by atoms with E-state index in [1.165, 1.54) is 4.31 Å². The van der Waals surface area contributed by atoms with E-state index in [2.05, 4.69) is 10.6 Å². The third-order valence-corrected chi connectivity index (χ3v) is 7.65. The van der Waals surface area contributed by atoms with E-state index in [0.717, 1.165) is 23.4 Å². The number of furan rings is 1. The number of nitrogens with one attached hydrogen (secondary N) is 2. The van der Waals surface area contributed by atoms with Crippen LogP contribution in [-0.4, -0.2) is 37.8 Å². The summed E-state index contributed by atoms with van der Waals surface area (Å²) < 4.78 is 33.1. The first kappa shape index (κ1) is 23.1. The van der Waals surface area contributed by atoms with Gasteiger partial charge in [-0.05, 0) is 61.2 Å². The molecule has 1 saturated heterocycles. The van der Waals surface area contributed by atoms with Crippen molar-refractivity contribution in [2.45, 2.75) is 43.2 Å². The topological polar surface area (TPSA) is 91.7 Å². The van der Waals surface area contributed by atoms with Crippen LogP contribution in [0.15, 0.2) is 82.3 Å². The van der Waals surface area contributed by atoms with Gasteiger partial charge in [0.05, 0.1) is 17.7 Å². The van der Waals surface area contributed by atoms with Gasteiger partial charge in [-0.15, -0.1) is 0 Å². The molecule has 0 saturated carbocycles. The molecule has 1 aliphatic rings. The minimum atomic E-state index is -3.63. The van der Waals surface area contributed by atoms with E-state index in [0.29, 0.717) is 32.4 Å². The monoisotopic (exact) mass is 467 g/mol. The van der Waals surface area contributed by atoms with Crippen LogP contribution in [0.25, 0.3) is 0 Å². The Labute approximate surface area is 194 Å². The van der Waals surface area contributed by atoms with Crippen molar-refractivity contribution in [1.29, 1.82) is 0 Å². The van der Waals surface area contributed by atoms with Crippen LogP contribution in [0.2, 0.25) is 0 Å². The minimum absolute atomic E-state index is 0.0462. The van der Waals surface area contributed by atoms with Gasteiger partial charge in [0.1, 0.15) is 5.76 Å². The highest BCUT2D eigenvalue weighted by Gasteiger charge is 2.30. The molecular formula is C25H29N3O4S. The Hall–Kier alpha value is -3.10. The summed E-state index contributed by atoms with van der Waals surface area (Å²) >= 11 is 0. The number of sulfonamides is 1. The van der Waals surface area contributed by atoms with Crippen molar-refractivity contribution in [3.8, 4) is 0 Å². The molecule has 0 radical (unpaired) electrons. The molecule has 1 amide bonds. The Kier molecular flexibility index (Phi) is 7.47. The number of benzene rings is 2. The van der Waals surface area contributed by atoms with Crippen molar-refractivity contribution in [3.63, 3.8) is 0 Å². The lowest BCUT2D eigenvalue weighted by Gasteiger charge is -2.32. The average Bonchev–Trinajstić information content (AvgIpc) is 3.36. The number of anilines is 1. The molecule has 174 valence electrons. The molecule has 1 fully saturated rings. The summed E-state index contributed by atoms with van der Waals surface area (Å²) in [6.45, 7) is 1.27. The van der Waals surface area contributed by atoms with Gasteiger partial charge in [-0.1, -0.05) is 30.3 Å². The van der Waals surface area contributed by atoms with Gasteiger partial charge in [0, 0.05) is 31.2 Å². The molecule has 0 spiro atoms. The number of carbonyl (C=O) groups excluding carboxylic acids is 1. The molecule has 1 unspecified atom stereocenters. The molecule has 0 aliphatic carbocycles. The predicted octanol–water partition coefficient (Wildman–Crippen LogP) is 3.79. The molecule has 1 aliphatic heterocycles. The molecule has 33 heavy (non-hydrogen) atoms. The van der Waals surface area contributed by atoms with Gasteiger partial charge in [0.2, 0.25) is 15.9 Å². The van der Waals surface area contributed by atoms with Crippen molar-refractivity contribution in [2.24, 2.45) is 0 Å². The summed E-state index contributed by atoms with van der Waals surface area (Å²) in [5.41, 5.74) is 1.93. The zero-order valence-electron chi connectivity index (χ0n) is 18.4. The SMILES string of the molecule is O=C(CCc1ccccc1)NC1CCCN(S(=O)(=O)c2ccc(NCc3ccco3)cc2)C1. The fraction of sp³-hybridized carbons (Fsp3) is 0.320. The Morgan fingerprint density at radius 2 is 1.82 bits per heavy atom. The number of carbonyl (C=O) groups is 1. The van der Waals surface area contributed by atoms with Crippen molar-refractivity contribution < 1.29 is 17.6 Å². The lowest BCUT2D eigenvalue weighted by molar-refractivity contribution is -0.122. The average molecular weight is 468 g/mol. The standard InChI is InChI=1S/C25H29N3O4S/c29-25(15-10-20-6-2-1-3-7-20)27-22-8-4-16-28(19-22)33(30,31)24-13-11-21(12-14-24)26-18-23-9-5-17-32-23/h1-3,5-7,9,11-14,17,22,26H,4,8,10,15-16,18-19H2,(H,27,29). The van der Waals surface area contributed by atoms with Crippen molar-refractivity contribution in [2.75, 3.05) is 18.4 Å². The zero-order valence-corrected chi connectivity index (χ0v) is 19.3. The van der Waals surface area contributed by atoms with Gasteiger partial charge in [-0.25, -0.2) is 8.42 Å². The lowest BCUT2D eigenvalue weighted by Crippen LogP contribution is -2.49. The second kappa shape index (κ2) is 10.7. The normalized spacial score (nSPS) is 16.9. The quantitative estimate of drug-likeness (QED) is 0.500. The summed E-state index contributed by atoms with van der Waals surface area (Å²) in [5, 5.41) is 6.23. The Balaban J connectivity index is 1.31. The van der Waals surface area contributed by atoms with Crippen LogP contribution in [0.3, 0.4) is 0 Å². The number of amides is 1. The molecule has 2 N–H and O–H groups in total. The van der Waals surface area contributed by atoms with Crippen LogP contribution in [0, 0.1) is 0 Å². The highest BCUT2D eigenvalue weighted by Crippen LogP contribution is 2.22. The second-order valence-corrected chi connectivity index (χ2v) is 10.2. The third-order valence-electron chi connectivity index (χ3n) is 5.77. The highest BCUT2D eigenvalue weighted by atomic mass is 32.2. The Morgan fingerprint density at radius 1 is 1.03 bits per heavy atom. The van der Waals surface area contributed by atoms with E-state index in [4.69, 9.17) is 4.42 Å². The third kappa shape index (κ3) is 6.24. The fourth-order valence-electron chi connectivity index (χ4n) is 3.98. The van der Waals surface area contributed by atoms with E-state index in [1.807, 2.05) is 42.5 Å². The summed E-state index contributed by atoms with van der Waals surface area (Å²) in [5.74, 6) is 0.756.